The minimum atomic E-state index is 0.0432. The second kappa shape index (κ2) is 7.12. The molecule has 2 fully saturated rings. The summed E-state index contributed by atoms with van der Waals surface area (Å²) in [6.07, 6.45) is 0.925. The summed E-state index contributed by atoms with van der Waals surface area (Å²) in [5.41, 5.74) is 0. The first-order valence-electron chi connectivity index (χ1n) is 6.67. The van der Waals surface area contributed by atoms with Crippen LogP contribution in [0.4, 0.5) is 0 Å². The van der Waals surface area contributed by atoms with Gasteiger partial charge in [-0.3, -0.25) is 14.5 Å². The Hall–Kier alpha value is -0.790. The van der Waals surface area contributed by atoms with E-state index >= 15 is 0 Å². The van der Waals surface area contributed by atoms with Crippen LogP contribution in [0.1, 0.15) is 6.42 Å². The van der Waals surface area contributed by atoms with Crippen LogP contribution in [0.2, 0.25) is 0 Å². The zero-order valence-corrected chi connectivity index (χ0v) is 11.9. The zero-order valence-electron chi connectivity index (χ0n) is 11.1. The fraction of sp³-hybridized carbons (Fsp3) is 0.833. The van der Waals surface area contributed by atoms with E-state index in [-0.39, 0.29) is 25.0 Å². The van der Waals surface area contributed by atoms with Gasteiger partial charge in [0.2, 0.25) is 11.8 Å². The number of aliphatic hydroxyl groups is 1. The Bertz CT molecular complexity index is 340. The van der Waals surface area contributed by atoms with Gasteiger partial charge >= 0.3 is 0 Å². The van der Waals surface area contributed by atoms with Gasteiger partial charge in [-0.2, -0.15) is 0 Å². The Morgan fingerprint density at radius 1 is 1.26 bits per heavy atom. The van der Waals surface area contributed by atoms with Gasteiger partial charge in [0.25, 0.3) is 0 Å². The summed E-state index contributed by atoms with van der Waals surface area (Å²) < 4.78 is 0. The van der Waals surface area contributed by atoms with Crippen LogP contribution in [0.25, 0.3) is 0 Å². The first-order valence-corrected chi connectivity index (χ1v) is 7.82. The van der Waals surface area contributed by atoms with Crippen LogP contribution in [0, 0.1) is 0 Å². The highest BCUT2D eigenvalue weighted by atomic mass is 32.2. The zero-order chi connectivity index (χ0) is 13.7. The molecule has 2 amide bonds. The van der Waals surface area contributed by atoms with E-state index < -0.39 is 0 Å². The third-order valence-corrected chi connectivity index (χ3v) is 4.45. The number of aliphatic hydroxyl groups excluding tert-OH is 1. The molecule has 0 unspecified atom stereocenters. The minimum Gasteiger partial charge on any atom is -0.395 e. The van der Waals surface area contributed by atoms with Gasteiger partial charge in [0, 0.05) is 26.2 Å². The Kier molecular flexibility index (Phi) is 5.47. The lowest BCUT2D eigenvalue weighted by atomic mass is 10.3. The van der Waals surface area contributed by atoms with Gasteiger partial charge in [0.15, 0.2) is 0 Å². The van der Waals surface area contributed by atoms with E-state index in [9.17, 15) is 9.59 Å². The summed E-state index contributed by atoms with van der Waals surface area (Å²) in [5.74, 6) is 1.24. The quantitative estimate of drug-likeness (QED) is 0.722. The average molecular weight is 287 g/mol. The third-order valence-electron chi connectivity index (χ3n) is 3.51. The minimum absolute atomic E-state index is 0.0432. The lowest BCUT2D eigenvalue weighted by Crippen LogP contribution is -2.42. The van der Waals surface area contributed by atoms with Crippen molar-refractivity contribution in [2.75, 3.05) is 57.5 Å². The largest absolute Gasteiger partial charge is 0.395 e. The maximum atomic E-state index is 12.2. The van der Waals surface area contributed by atoms with Crippen molar-refractivity contribution in [3.05, 3.63) is 0 Å². The van der Waals surface area contributed by atoms with Crippen LogP contribution in [0.15, 0.2) is 0 Å². The van der Waals surface area contributed by atoms with Gasteiger partial charge in [-0.05, 0) is 13.0 Å². The molecule has 6 nitrogen and oxygen atoms in total. The summed E-state index contributed by atoms with van der Waals surface area (Å²) in [6.45, 7) is 4.20. The summed E-state index contributed by atoms with van der Waals surface area (Å²) in [6, 6.07) is 0. The number of amides is 2. The van der Waals surface area contributed by atoms with E-state index in [4.69, 9.17) is 5.11 Å². The van der Waals surface area contributed by atoms with Gasteiger partial charge in [-0.25, -0.2) is 0 Å². The number of hydrogen-bond donors (Lipinski definition) is 1. The molecule has 0 radical (unpaired) electrons. The molecule has 0 bridgehead atoms. The molecule has 0 aromatic rings. The summed E-state index contributed by atoms with van der Waals surface area (Å²) >= 11 is 1.56. The molecule has 108 valence electrons. The highest BCUT2D eigenvalue weighted by Crippen LogP contribution is 2.15. The molecule has 19 heavy (non-hydrogen) atoms. The van der Waals surface area contributed by atoms with Gasteiger partial charge in [0.05, 0.1) is 18.2 Å². The van der Waals surface area contributed by atoms with Crippen LogP contribution in [0.5, 0.6) is 0 Å². The molecule has 0 aliphatic carbocycles. The van der Waals surface area contributed by atoms with E-state index in [1.165, 1.54) is 0 Å². The number of rotatable bonds is 4. The van der Waals surface area contributed by atoms with Gasteiger partial charge in [-0.1, -0.05) is 0 Å². The molecular formula is C12H21N3O3S. The second-order valence-corrected chi connectivity index (χ2v) is 5.82. The number of thioether (sulfide) groups is 1. The summed E-state index contributed by atoms with van der Waals surface area (Å²) in [4.78, 5) is 29.3. The Balaban J connectivity index is 1.80. The van der Waals surface area contributed by atoms with Crippen molar-refractivity contribution in [2.24, 2.45) is 0 Å². The highest BCUT2D eigenvalue weighted by molar-refractivity contribution is 8.00. The maximum Gasteiger partial charge on any atom is 0.242 e. The van der Waals surface area contributed by atoms with Crippen molar-refractivity contribution in [1.82, 2.24) is 14.7 Å². The van der Waals surface area contributed by atoms with Gasteiger partial charge in [-0.15, -0.1) is 11.8 Å². The highest BCUT2D eigenvalue weighted by Gasteiger charge is 2.26. The number of β-amino-alcohol motifs (C(OH)–C–C–N with tert-alkyl or cyclic N) is 1. The smallest absolute Gasteiger partial charge is 0.242 e. The van der Waals surface area contributed by atoms with Crippen LogP contribution < -0.4 is 0 Å². The Labute approximate surface area is 117 Å². The number of carbonyl (C=O) groups is 2. The molecule has 7 heteroatoms. The molecule has 2 heterocycles. The maximum absolute atomic E-state index is 12.2. The second-order valence-electron chi connectivity index (χ2n) is 4.87. The van der Waals surface area contributed by atoms with E-state index in [1.54, 1.807) is 16.7 Å². The molecule has 2 aliphatic heterocycles. The summed E-state index contributed by atoms with van der Waals surface area (Å²) in [5, 5.41) is 8.94. The molecule has 2 saturated heterocycles. The van der Waals surface area contributed by atoms with Crippen LogP contribution in [-0.4, -0.2) is 89.1 Å². The van der Waals surface area contributed by atoms with E-state index in [1.807, 2.05) is 4.90 Å². The first kappa shape index (κ1) is 14.6. The van der Waals surface area contributed by atoms with E-state index in [0.29, 0.717) is 24.7 Å². The van der Waals surface area contributed by atoms with Crippen molar-refractivity contribution >= 4 is 23.6 Å². The van der Waals surface area contributed by atoms with E-state index in [0.717, 1.165) is 26.1 Å². The molecule has 2 rings (SSSR count). The molecule has 0 aromatic heterocycles. The predicted octanol–water partition coefficient (Wildman–Crippen LogP) is -0.954. The molecule has 2 aliphatic rings. The SMILES string of the molecule is O=C(CN1CSCC1=O)N1CCCN(CCO)CC1. The van der Waals surface area contributed by atoms with Crippen molar-refractivity contribution < 1.29 is 14.7 Å². The first-order chi connectivity index (χ1) is 9.20. The molecular weight excluding hydrogens is 266 g/mol. The average Bonchev–Trinajstić information content (AvgIpc) is 2.66. The van der Waals surface area contributed by atoms with E-state index in [2.05, 4.69) is 4.90 Å². The van der Waals surface area contributed by atoms with Gasteiger partial charge in [0.1, 0.15) is 6.54 Å². The Morgan fingerprint density at radius 2 is 2.11 bits per heavy atom. The fourth-order valence-corrected chi connectivity index (χ4v) is 3.29. The lowest BCUT2D eigenvalue weighted by Gasteiger charge is -2.24. The number of carbonyl (C=O) groups excluding carboxylic acids is 2. The molecule has 0 atom stereocenters. The normalized spacial score (nSPS) is 21.8. The monoisotopic (exact) mass is 287 g/mol. The molecule has 0 spiro atoms. The topological polar surface area (TPSA) is 64.1 Å². The Morgan fingerprint density at radius 3 is 2.79 bits per heavy atom. The van der Waals surface area contributed by atoms with Crippen molar-refractivity contribution in [3.63, 3.8) is 0 Å². The summed E-state index contributed by atoms with van der Waals surface area (Å²) in [7, 11) is 0. The fourth-order valence-electron chi connectivity index (χ4n) is 2.39. The van der Waals surface area contributed by atoms with Crippen molar-refractivity contribution in [2.45, 2.75) is 6.42 Å². The molecule has 0 aromatic carbocycles. The van der Waals surface area contributed by atoms with Crippen LogP contribution in [-0.2, 0) is 9.59 Å². The third kappa shape index (κ3) is 4.09. The standard InChI is InChI=1S/C12H21N3O3S/c16-7-6-13-2-1-3-14(5-4-13)11(17)8-15-10-19-9-12(15)18/h16H,1-10H2. The number of hydrogen-bond acceptors (Lipinski definition) is 5. The predicted molar refractivity (Wildman–Crippen MR) is 73.8 cm³/mol. The molecule has 0 saturated carbocycles. The van der Waals surface area contributed by atoms with Crippen LogP contribution in [0.3, 0.4) is 0 Å². The van der Waals surface area contributed by atoms with Crippen molar-refractivity contribution in [3.8, 4) is 0 Å². The van der Waals surface area contributed by atoms with Gasteiger partial charge < -0.3 is 14.9 Å². The molecule has 1 N–H and O–H groups in total. The number of nitrogens with zero attached hydrogens (tertiary/aromatic N) is 3. The lowest BCUT2D eigenvalue weighted by molar-refractivity contribution is -0.137. The van der Waals surface area contributed by atoms with Crippen molar-refractivity contribution in [1.29, 1.82) is 0 Å². The van der Waals surface area contributed by atoms with Crippen LogP contribution >= 0.6 is 11.8 Å².